The van der Waals surface area contributed by atoms with Crippen LogP contribution in [0.3, 0.4) is 0 Å². The first-order chi connectivity index (χ1) is 15.5. The van der Waals surface area contributed by atoms with Crippen LogP contribution < -0.4 is 20.1 Å². The van der Waals surface area contributed by atoms with Gasteiger partial charge in [-0.05, 0) is 42.9 Å². The number of carbonyl (C=O) groups is 3. The van der Waals surface area contributed by atoms with E-state index >= 15 is 0 Å². The molecule has 1 aromatic carbocycles. The fourth-order valence-electron chi connectivity index (χ4n) is 2.85. The first-order valence-electron chi connectivity index (χ1n) is 11.4. The number of nitrogens with one attached hydrogen (secondary N) is 2. The number of hydrogen-bond acceptors (Lipinski definition) is 5. The highest BCUT2D eigenvalue weighted by Gasteiger charge is 2.16. The molecule has 0 aliphatic rings. The Balaban J connectivity index is 2.47. The molecule has 2 N–H and O–H groups in total. The smallest absolute Gasteiger partial charge is 0.419 e. The van der Waals surface area contributed by atoms with Gasteiger partial charge in [0.25, 0.3) is 0 Å². The number of benzene rings is 1. The molecule has 0 atom stereocenters. The van der Waals surface area contributed by atoms with Gasteiger partial charge in [0.1, 0.15) is 0 Å². The van der Waals surface area contributed by atoms with Crippen LogP contribution in [0.2, 0.25) is 0 Å². The van der Waals surface area contributed by atoms with Gasteiger partial charge in [-0.1, -0.05) is 32.1 Å². The molecule has 0 radical (unpaired) electrons. The van der Waals surface area contributed by atoms with Gasteiger partial charge in [0.15, 0.2) is 11.5 Å². The zero-order valence-electron chi connectivity index (χ0n) is 20.9. The highest BCUT2D eigenvalue weighted by atomic mass is 16.6. The summed E-state index contributed by atoms with van der Waals surface area (Å²) in [5, 5.41) is 5.11. The second kappa shape index (κ2) is 14.3. The Kier molecular flexibility index (Phi) is 12.2. The summed E-state index contributed by atoms with van der Waals surface area (Å²) in [6.07, 6.45) is 6.99. The van der Waals surface area contributed by atoms with E-state index in [9.17, 15) is 14.4 Å². The van der Waals surface area contributed by atoms with Gasteiger partial charge in [0.05, 0.1) is 41.2 Å². The molecule has 1 aromatic rings. The van der Waals surface area contributed by atoms with E-state index in [1.165, 1.54) is 7.11 Å². The van der Waals surface area contributed by atoms with E-state index < -0.39 is 12.0 Å². The Morgan fingerprint density at radius 3 is 2.39 bits per heavy atom. The number of quaternary nitrogens is 1. The minimum absolute atomic E-state index is 0.00565. The summed E-state index contributed by atoms with van der Waals surface area (Å²) in [6.45, 7) is 5.22. The van der Waals surface area contributed by atoms with Crippen molar-refractivity contribution >= 4 is 17.9 Å². The van der Waals surface area contributed by atoms with E-state index in [2.05, 4.69) is 36.6 Å². The van der Waals surface area contributed by atoms with Crippen molar-refractivity contribution < 1.29 is 28.3 Å². The van der Waals surface area contributed by atoms with Crippen LogP contribution in [0.15, 0.2) is 30.4 Å². The van der Waals surface area contributed by atoms with Crippen LogP contribution in [-0.2, 0) is 16.1 Å². The van der Waals surface area contributed by atoms with Crippen LogP contribution in [-0.4, -0.2) is 57.2 Å². The second-order valence-corrected chi connectivity index (χ2v) is 9.38. The molecule has 0 fully saturated rings. The van der Waals surface area contributed by atoms with Crippen LogP contribution >= 0.6 is 0 Å². The number of nitrogens with zero attached hydrogens (tertiary/aromatic N) is 1. The van der Waals surface area contributed by atoms with Gasteiger partial charge in [-0.3, -0.25) is 14.9 Å². The molecule has 0 saturated heterocycles. The maximum absolute atomic E-state index is 12.1. The largest absolute Gasteiger partial charge is 0.493 e. The zero-order chi connectivity index (χ0) is 24.9. The molecule has 8 heteroatoms. The number of allylic oxidation sites excluding steroid dienone is 2. The van der Waals surface area contributed by atoms with E-state index in [1.807, 2.05) is 21.1 Å². The number of unbranched alkanes of at least 4 members (excludes halogenated alkanes) is 2. The van der Waals surface area contributed by atoms with Gasteiger partial charge in [-0.15, -0.1) is 0 Å². The molecule has 0 saturated carbocycles. The molecule has 8 nitrogen and oxygen atoms in total. The number of carbonyl (C=O) groups excluding carboxylic acids is 3. The molecule has 0 spiro atoms. The maximum atomic E-state index is 12.1. The van der Waals surface area contributed by atoms with Gasteiger partial charge in [0.2, 0.25) is 11.8 Å². The number of amides is 3. The maximum Gasteiger partial charge on any atom is 0.419 e. The molecule has 1 rings (SSSR count). The Morgan fingerprint density at radius 1 is 1.03 bits per heavy atom. The summed E-state index contributed by atoms with van der Waals surface area (Å²) in [5.41, 5.74) is 0.812. The SMILES string of the molecule is COc1cc(CNC(=O)CCCC/C=C/C(C)C)ccc1OC(=O)NC(=O)CC[N+](C)(C)C. The summed E-state index contributed by atoms with van der Waals surface area (Å²) < 4.78 is 11.1. The molecule has 0 aromatic heterocycles. The van der Waals surface area contributed by atoms with E-state index in [0.29, 0.717) is 35.7 Å². The van der Waals surface area contributed by atoms with Gasteiger partial charge in [-0.2, -0.15) is 0 Å². The molecule has 0 heterocycles. The third-order valence-electron chi connectivity index (χ3n) is 4.72. The van der Waals surface area contributed by atoms with Gasteiger partial charge >= 0.3 is 6.09 Å². The number of hydrogen-bond donors (Lipinski definition) is 2. The number of imide groups is 1. The summed E-state index contributed by atoms with van der Waals surface area (Å²) >= 11 is 0. The lowest BCUT2D eigenvalue weighted by Gasteiger charge is -2.23. The number of methoxy groups -OCH3 is 1. The molecule has 3 amide bonds. The van der Waals surface area contributed by atoms with Gasteiger partial charge in [0, 0.05) is 13.0 Å². The lowest BCUT2D eigenvalue weighted by atomic mass is 10.1. The molecule has 0 aliphatic heterocycles. The molecule has 0 bridgehead atoms. The number of ether oxygens (including phenoxy) is 2. The van der Waals surface area contributed by atoms with Crippen LogP contribution in [0, 0.1) is 5.92 Å². The summed E-state index contributed by atoms with van der Waals surface area (Å²) in [7, 11) is 7.36. The van der Waals surface area contributed by atoms with Crippen molar-refractivity contribution in [2.75, 3.05) is 34.8 Å². The van der Waals surface area contributed by atoms with Gasteiger partial charge in [-0.25, -0.2) is 4.79 Å². The topological polar surface area (TPSA) is 93.7 Å². The highest BCUT2D eigenvalue weighted by Crippen LogP contribution is 2.28. The molecular formula is C25H40N3O5+. The summed E-state index contributed by atoms with van der Waals surface area (Å²) in [6, 6.07) is 5.01. The monoisotopic (exact) mass is 462 g/mol. The van der Waals surface area contributed by atoms with Crippen molar-refractivity contribution in [3.8, 4) is 11.5 Å². The molecule has 0 aliphatic carbocycles. The Morgan fingerprint density at radius 2 is 1.76 bits per heavy atom. The van der Waals surface area contributed by atoms with Crippen LogP contribution in [0.4, 0.5) is 4.79 Å². The standard InChI is InChI=1S/C25H39N3O5/c1-19(2)11-9-7-8-10-12-23(29)26-18-20-13-14-21(22(17-20)32-6)33-25(31)27-24(30)15-16-28(3,4)5/h9,11,13-14,17,19H,7-8,10,12,15-16,18H2,1-6H3,(H-,26,27,29,30,31)/p+1/b11-9+. The fourth-order valence-corrected chi connectivity index (χ4v) is 2.85. The second-order valence-electron chi connectivity index (χ2n) is 9.38. The van der Waals surface area contributed by atoms with Gasteiger partial charge < -0.3 is 19.3 Å². The number of rotatable bonds is 13. The average molecular weight is 463 g/mol. The Labute approximate surface area is 197 Å². The van der Waals surface area contributed by atoms with Crippen LogP contribution in [0.25, 0.3) is 0 Å². The molecule has 184 valence electrons. The molecule has 33 heavy (non-hydrogen) atoms. The Bertz CT molecular complexity index is 813. The van der Waals surface area contributed by atoms with Crippen molar-refractivity contribution in [2.24, 2.45) is 5.92 Å². The van der Waals surface area contributed by atoms with Crippen molar-refractivity contribution in [3.63, 3.8) is 0 Å². The minimum Gasteiger partial charge on any atom is -0.493 e. The van der Waals surface area contributed by atoms with Crippen molar-refractivity contribution in [1.29, 1.82) is 0 Å². The lowest BCUT2D eigenvalue weighted by Crippen LogP contribution is -2.40. The predicted molar refractivity (Wildman–Crippen MR) is 129 cm³/mol. The van der Waals surface area contributed by atoms with Crippen LogP contribution in [0.1, 0.15) is 51.5 Å². The normalized spacial score (nSPS) is 11.5. The molecule has 0 unspecified atom stereocenters. The predicted octanol–water partition coefficient (Wildman–Crippen LogP) is 3.80. The fraction of sp³-hybridized carbons (Fsp3) is 0.560. The lowest BCUT2D eigenvalue weighted by molar-refractivity contribution is -0.869. The minimum atomic E-state index is -0.857. The van der Waals surface area contributed by atoms with E-state index in [0.717, 1.165) is 24.8 Å². The van der Waals surface area contributed by atoms with Crippen molar-refractivity contribution in [1.82, 2.24) is 10.6 Å². The first kappa shape index (κ1) is 28.2. The van der Waals surface area contributed by atoms with E-state index in [1.54, 1.807) is 18.2 Å². The van der Waals surface area contributed by atoms with Crippen LogP contribution in [0.5, 0.6) is 11.5 Å². The van der Waals surface area contributed by atoms with Crippen molar-refractivity contribution in [3.05, 3.63) is 35.9 Å². The van der Waals surface area contributed by atoms with E-state index in [4.69, 9.17) is 9.47 Å². The first-order valence-corrected chi connectivity index (χ1v) is 11.4. The third-order valence-corrected chi connectivity index (χ3v) is 4.72. The van der Waals surface area contributed by atoms with E-state index in [-0.39, 0.29) is 18.1 Å². The zero-order valence-corrected chi connectivity index (χ0v) is 20.9. The van der Waals surface area contributed by atoms with Crippen molar-refractivity contribution in [2.45, 2.75) is 52.5 Å². The molecular weight excluding hydrogens is 422 g/mol. The summed E-state index contributed by atoms with van der Waals surface area (Å²) in [5.74, 6) is 0.680. The Hall–Kier alpha value is -2.87. The summed E-state index contributed by atoms with van der Waals surface area (Å²) in [4.78, 5) is 36.0. The quantitative estimate of drug-likeness (QED) is 0.264. The average Bonchev–Trinajstić information content (AvgIpc) is 2.73. The highest BCUT2D eigenvalue weighted by molar-refractivity contribution is 5.92. The third kappa shape index (κ3) is 13.3.